The fourth-order valence-electron chi connectivity index (χ4n) is 3.90. The molecule has 0 bridgehead atoms. The predicted molar refractivity (Wildman–Crippen MR) is 95.6 cm³/mol. The summed E-state index contributed by atoms with van der Waals surface area (Å²) < 4.78 is 15.5. The van der Waals surface area contributed by atoms with Gasteiger partial charge in [0.2, 0.25) is 0 Å². The summed E-state index contributed by atoms with van der Waals surface area (Å²) in [4.78, 5) is 4.86. The second kappa shape index (κ2) is 6.39. The number of fused-ring (bicyclic) bond motifs is 1. The van der Waals surface area contributed by atoms with Gasteiger partial charge >= 0.3 is 0 Å². The zero-order valence-corrected chi connectivity index (χ0v) is 14.1. The molecule has 0 unspecified atom stereocenters. The van der Waals surface area contributed by atoms with E-state index in [0.717, 1.165) is 29.2 Å². The van der Waals surface area contributed by atoms with E-state index in [1.807, 2.05) is 12.1 Å². The van der Waals surface area contributed by atoms with Crippen molar-refractivity contribution in [3.63, 3.8) is 0 Å². The first-order valence-electron chi connectivity index (χ1n) is 8.94. The van der Waals surface area contributed by atoms with Gasteiger partial charge in [0.1, 0.15) is 11.5 Å². The van der Waals surface area contributed by atoms with Crippen LogP contribution in [0.5, 0.6) is 0 Å². The molecule has 1 aliphatic carbocycles. The van der Waals surface area contributed by atoms with E-state index in [0.29, 0.717) is 0 Å². The molecule has 1 aromatic carbocycles. The van der Waals surface area contributed by atoms with Crippen molar-refractivity contribution in [2.24, 2.45) is 5.92 Å². The number of rotatable bonds is 3. The number of hydrogen-bond donors (Lipinski definition) is 0. The fraction of sp³-hybridized carbons (Fsp3) is 0.381. The number of pyridine rings is 1. The molecule has 1 fully saturated rings. The maximum Gasteiger partial charge on any atom is 0.137 e. The van der Waals surface area contributed by atoms with Gasteiger partial charge in [0.05, 0.1) is 11.4 Å². The van der Waals surface area contributed by atoms with Gasteiger partial charge in [0, 0.05) is 11.8 Å². The van der Waals surface area contributed by atoms with Crippen molar-refractivity contribution in [2.45, 2.75) is 45.4 Å². The summed E-state index contributed by atoms with van der Waals surface area (Å²) in [5, 5.41) is 0. The SMILES string of the molecule is Cc1ccc2nc(-c3ccc(F)cc3)c(CC3CCCCC3)n2c1. The summed E-state index contributed by atoms with van der Waals surface area (Å²) in [7, 11) is 0. The van der Waals surface area contributed by atoms with Gasteiger partial charge in [-0.2, -0.15) is 0 Å². The molecule has 0 spiro atoms. The van der Waals surface area contributed by atoms with Crippen LogP contribution in [0.4, 0.5) is 4.39 Å². The van der Waals surface area contributed by atoms with Crippen LogP contribution in [0, 0.1) is 18.7 Å². The molecule has 0 saturated heterocycles. The van der Waals surface area contributed by atoms with Gasteiger partial charge in [-0.3, -0.25) is 0 Å². The highest BCUT2D eigenvalue weighted by Crippen LogP contribution is 2.32. The Bertz CT molecular complexity index is 842. The van der Waals surface area contributed by atoms with Crippen LogP contribution in [-0.2, 0) is 6.42 Å². The van der Waals surface area contributed by atoms with Crippen LogP contribution < -0.4 is 0 Å². The zero-order chi connectivity index (χ0) is 16.5. The van der Waals surface area contributed by atoms with E-state index in [1.54, 1.807) is 0 Å². The smallest absolute Gasteiger partial charge is 0.137 e. The molecule has 1 saturated carbocycles. The monoisotopic (exact) mass is 322 g/mol. The van der Waals surface area contributed by atoms with Gasteiger partial charge in [-0.25, -0.2) is 9.37 Å². The van der Waals surface area contributed by atoms with E-state index in [4.69, 9.17) is 4.98 Å². The van der Waals surface area contributed by atoms with Crippen LogP contribution in [0.25, 0.3) is 16.9 Å². The van der Waals surface area contributed by atoms with Gasteiger partial charge in [-0.15, -0.1) is 0 Å². The summed E-state index contributed by atoms with van der Waals surface area (Å²) >= 11 is 0. The van der Waals surface area contributed by atoms with Gasteiger partial charge in [0.15, 0.2) is 0 Å². The van der Waals surface area contributed by atoms with Crippen molar-refractivity contribution < 1.29 is 4.39 Å². The minimum absolute atomic E-state index is 0.202. The lowest BCUT2D eigenvalue weighted by molar-refractivity contribution is 0.354. The molecule has 3 aromatic rings. The number of hydrogen-bond acceptors (Lipinski definition) is 1. The molecule has 2 nitrogen and oxygen atoms in total. The standard InChI is InChI=1S/C21H23FN2/c1-15-7-12-20-23-21(17-8-10-18(22)11-9-17)19(24(20)14-15)13-16-5-3-2-4-6-16/h7-12,14,16H,2-6,13H2,1H3. The Morgan fingerprint density at radius 1 is 1.04 bits per heavy atom. The van der Waals surface area contributed by atoms with Gasteiger partial charge in [-0.05, 0) is 55.2 Å². The predicted octanol–water partition coefficient (Wildman–Crippen LogP) is 5.57. The summed E-state index contributed by atoms with van der Waals surface area (Å²) in [6.45, 7) is 2.11. The van der Waals surface area contributed by atoms with Crippen LogP contribution >= 0.6 is 0 Å². The first-order valence-corrected chi connectivity index (χ1v) is 8.94. The highest BCUT2D eigenvalue weighted by Gasteiger charge is 2.20. The average Bonchev–Trinajstić information content (AvgIpc) is 2.94. The van der Waals surface area contributed by atoms with Gasteiger partial charge in [-0.1, -0.05) is 38.2 Å². The second-order valence-electron chi connectivity index (χ2n) is 7.06. The number of benzene rings is 1. The van der Waals surface area contributed by atoms with Crippen LogP contribution in [0.2, 0.25) is 0 Å². The van der Waals surface area contributed by atoms with Crippen molar-refractivity contribution in [3.05, 3.63) is 59.7 Å². The van der Waals surface area contributed by atoms with E-state index in [1.165, 1.54) is 55.5 Å². The van der Waals surface area contributed by atoms with E-state index >= 15 is 0 Å². The van der Waals surface area contributed by atoms with Crippen LogP contribution in [0.3, 0.4) is 0 Å². The fourth-order valence-corrected chi connectivity index (χ4v) is 3.90. The Balaban J connectivity index is 1.81. The van der Waals surface area contributed by atoms with E-state index < -0.39 is 0 Å². The molecule has 2 aromatic heterocycles. The van der Waals surface area contributed by atoms with Gasteiger partial charge in [0.25, 0.3) is 0 Å². The highest BCUT2D eigenvalue weighted by atomic mass is 19.1. The Morgan fingerprint density at radius 2 is 1.79 bits per heavy atom. The molecule has 0 radical (unpaired) electrons. The molecule has 0 aliphatic heterocycles. The third-order valence-electron chi connectivity index (χ3n) is 5.19. The quantitative estimate of drug-likeness (QED) is 0.616. The number of halogens is 1. The third-order valence-corrected chi connectivity index (χ3v) is 5.19. The molecule has 0 atom stereocenters. The second-order valence-corrected chi connectivity index (χ2v) is 7.06. The number of imidazole rings is 1. The molecule has 3 heteroatoms. The molecule has 124 valence electrons. The summed E-state index contributed by atoms with van der Waals surface area (Å²) in [6, 6.07) is 10.9. The Hall–Kier alpha value is -2.16. The molecular weight excluding hydrogens is 299 g/mol. The normalized spacial score (nSPS) is 15.9. The van der Waals surface area contributed by atoms with Crippen LogP contribution in [0.1, 0.15) is 43.4 Å². The third kappa shape index (κ3) is 2.95. The maximum absolute atomic E-state index is 13.3. The number of aryl methyl sites for hydroxylation is 1. The Kier molecular flexibility index (Phi) is 4.09. The molecular formula is C21H23FN2. The largest absolute Gasteiger partial charge is 0.303 e. The lowest BCUT2D eigenvalue weighted by Gasteiger charge is -2.21. The molecule has 24 heavy (non-hydrogen) atoms. The van der Waals surface area contributed by atoms with Crippen LogP contribution in [-0.4, -0.2) is 9.38 Å². The lowest BCUT2D eigenvalue weighted by Crippen LogP contribution is -2.11. The summed E-state index contributed by atoms with van der Waals surface area (Å²) in [6.07, 6.45) is 9.89. The summed E-state index contributed by atoms with van der Waals surface area (Å²) in [5.74, 6) is 0.533. The maximum atomic E-state index is 13.3. The number of aromatic nitrogens is 2. The molecule has 0 amide bonds. The number of nitrogens with zero attached hydrogens (tertiary/aromatic N) is 2. The van der Waals surface area contributed by atoms with Crippen LogP contribution in [0.15, 0.2) is 42.6 Å². The Morgan fingerprint density at radius 3 is 2.54 bits per heavy atom. The van der Waals surface area contributed by atoms with Crippen molar-refractivity contribution in [1.29, 1.82) is 0 Å². The molecule has 4 rings (SSSR count). The first-order chi connectivity index (χ1) is 11.7. The molecule has 1 aliphatic rings. The summed E-state index contributed by atoms with van der Waals surface area (Å²) in [5.41, 5.74) is 5.49. The Labute approximate surface area is 142 Å². The van der Waals surface area contributed by atoms with Crippen molar-refractivity contribution in [1.82, 2.24) is 9.38 Å². The zero-order valence-electron chi connectivity index (χ0n) is 14.1. The van der Waals surface area contributed by atoms with Gasteiger partial charge < -0.3 is 4.40 Å². The van der Waals surface area contributed by atoms with Crippen molar-refractivity contribution >= 4 is 5.65 Å². The topological polar surface area (TPSA) is 17.3 Å². The molecule has 0 N–H and O–H groups in total. The highest BCUT2D eigenvalue weighted by molar-refractivity contribution is 5.66. The lowest BCUT2D eigenvalue weighted by atomic mass is 9.85. The minimum Gasteiger partial charge on any atom is -0.303 e. The van der Waals surface area contributed by atoms with Crippen molar-refractivity contribution in [2.75, 3.05) is 0 Å². The van der Waals surface area contributed by atoms with E-state index in [2.05, 4.69) is 29.7 Å². The minimum atomic E-state index is -0.202. The molecule has 2 heterocycles. The van der Waals surface area contributed by atoms with Crippen molar-refractivity contribution in [3.8, 4) is 11.3 Å². The first kappa shape index (κ1) is 15.4. The van der Waals surface area contributed by atoms with E-state index in [9.17, 15) is 4.39 Å². The van der Waals surface area contributed by atoms with E-state index in [-0.39, 0.29) is 5.82 Å². The average molecular weight is 322 g/mol.